The number of imidazole rings is 1. The lowest BCUT2D eigenvalue weighted by atomic mass is 10.2. The molecule has 7 nitrogen and oxygen atoms in total. The third-order valence-corrected chi connectivity index (χ3v) is 6.46. The second-order valence-corrected chi connectivity index (χ2v) is 9.14. The number of hydrogen-bond acceptors (Lipinski definition) is 5. The summed E-state index contributed by atoms with van der Waals surface area (Å²) in [5.74, 6) is 1.30. The lowest BCUT2D eigenvalue weighted by Gasteiger charge is -2.35. The fourth-order valence-corrected chi connectivity index (χ4v) is 4.51. The molecule has 35 heavy (non-hydrogen) atoms. The fraction of sp³-hybridized carbons (Fsp3) is 0.259. The Bertz CT molecular complexity index is 1320. The highest BCUT2D eigenvalue weighted by molar-refractivity contribution is 6.31. The van der Waals surface area contributed by atoms with Crippen molar-refractivity contribution in [3.63, 3.8) is 0 Å². The molecule has 0 unspecified atom stereocenters. The number of piperazine rings is 1. The normalized spacial score (nSPS) is 14.3. The third-order valence-electron chi connectivity index (χ3n) is 6.22. The summed E-state index contributed by atoms with van der Waals surface area (Å²) in [6, 6.07) is 23.1. The Morgan fingerprint density at radius 2 is 1.74 bits per heavy atom. The van der Waals surface area contributed by atoms with Crippen molar-refractivity contribution < 1.29 is 9.53 Å². The van der Waals surface area contributed by atoms with E-state index in [9.17, 15) is 4.79 Å². The number of rotatable bonds is 7. The molecule has 0 aliphatic carbocycles. The van der Waals surface area contributed by atoms with Crippen LogP contribution in [0.1, 0.15) is 5.82 Å². The van der Waals surface area contributed by atoms with Crippen LogP contribution >= 0.6 is 11.6 Å². The molecule has 0 saturated carbocycles. The summed E-state index contributed by atoms with van der Waals surface area (Å²) in [5, 5.41) is 3.68. The number of benzene rings is 3. The largest absolute Gasteiger partial charge is 0.486 e. The first-order valence-corrected chi connectivity index (χ1v) is 12.1. The number of nitrogens with zero attached hydrogens (tertiary/aromatic N) is 4. The van der Waals surface area contributed by atoms with Crippen LogP contribution < -0.4 is 15.0 Å². The van der Waals surface area contributed by atoms with Crippen molar-refractivity contribution in [3.05, 3.63) is 83.6 Å². The predicted molar refractivity (Wildman–Crippen MR) is 140 cm³/mol. The van der Waals surface area contributed by atoms with Crippen LogP contribution in [0.3, 0.4) is 0 Å². The maximum Gasteiger partial charge on any atom is 0.244 e. The van der Waals surface area contributed by atoms with Crippen molar-refractivity contribution >= 4 is 39.9 Å². The highest BCUT2D eigenvalue weighted by atomic mass is 35.5. The van der Waals surface area contributed by atoms with Gasteiger partial charge in [0.1, 0.15) is 24.7 Å². The standard InChI is InChI=1S/C27H28ClN5O2/c1-31-13-15-32(16-14-31)24-12-11-20(28)17-23(24)30-27(34)18-33-25-10-6-5-9-22(25)29-26(33)19-35-21-7-3-2-4-8-21/h2-12,17H,13-16,18-19H2,1H3,(H,30,34). The van der Waals surface area contributed by atoms with Crippen LogP contribution in [0.15, 0.2) is 72.8 Å². The van der Waals surface area contributed by atoms with Crippen molar-refractivity contribution in [2.45, 2.75) is 13.2 Å². The fourth-order valence-electron chi connectivity index (χ4n) is 4.34. The molecule has 1 amide bonds. The lowest BCUT2D eigenvalue weighted by molar-refractivity contribution is -0.116. The van der Waals surface area contributed by atoms with Crippen molar-refractivity contribution in [2.24, 2.45) is 0 Å². The molecule has 1 fully saturated rings. The summed E-state index contributed by atoms with van der Waals surface area (Å²) < 4.78 is 7.85. The van der Waals surface area contributed by atoms with E-state index in [-0.39, 0.29) is 19.1 Å². The average molecular weight is 490 g/mol. The number of nitrogens with one attached hydrogen (secondary N) is 1. The summed E-state index contributed by atoms with van der Waals surface area (Å²) in [4.78, 5) is 22.6. The molecule has 0 spiro atoms. The third kappa shape index (κ3) is 5.42. The zero-order valence-electron chi connectivity index (χ0n) is 19.7. The SMILES string of the molecule is CN1CCN(c2ccc(Cl)cc2NC(=O)Cn2c(COc3ccccc3)nc3ccccc32)CC1. The first-order chi connectivity index (χ1) is 17.1. The molecule has 8 heteroatoms. The minimum atomic E-state index is -0.147. The van der Waals surface area contributed by atoms with Crippen LogP contribution in [-0.2, 0) is 17.9 Å². The molecule has 0 bridgehead atoms. The minimum absolute atomic E-state index is 0.114. The number of ether oxygens (including phenoxy) is 1. The first kappa shape index (κ1) is 23.2. The van der Waals surface area contributed by atoms with Crippen molar-refractivity contribution in [2.75, 3.05) is 43.4 Å². The number of halogens is 1. The van der Waals surface area contributed by atoms with Gasteiger partial charge in [0, 0.05) is 31.2 Å². The molecular weight excluding hydrogens is 462 g/mol. The van der Waals surface area contributed by atoms with E-state index in [1.54, 1.807) is 0 Å². The van der Waals surface area contributed by atoms with Gasteiger partial charge in [-0.1, -0.05) is 41.9 Å². The lowest BCUT2D eigenvalue weighted by Crippen LogP contribution is -2.44. The Hall–Kier alpha value is -3.55. The zero-order chi connectivity index (χ0) is 24.2. The zero-order valence-corrected chi connectivity index (χ0v) is 20.4. The van der Waals surface area contributed by atoms with Crippen LogP contribution in [0.4, 0.5) is 11.4 Å². The van der Waals surface area contributed by atoms with E-state index < -0.39 is 0 Å². The number of fused-ring (bicyclic) bond motifs is 1. The highest BCUT2D eigenvalue weighted by Gasteiger charge is 2.20. The number of hydrogen-bond donors (Lipinski definition) is 1. The summed E-state index contributed by atoms with van der Waals surface area (Å²) >= 11 is 6.30. The second-order valence-electron chi connectivity index (χ2n) is 8.70. The van der Waals surface area contributed by atoms with E-state index in [1.807, 2.05) is 77.4 Å². The van der Waals surface area contributed by atoms with Crippen molar-refractivity contribution in [1.29, 1.82) is 0 Å². The summed E-state index contributed by atoms with van der Waals surface area (Å²) in [6.45, 7) is 4.12. The molecule has 0 radical (unpaired) electrons. The molecule has 1 N–H and O–H groups in total. The Morgan fingerprint density at radius 1 is 1.00 bits per heavy atom. The Morgan fingerprint density at radius 3 is 2.54 bits per heavy atom. The summed E-state index contributed by atoms with van der Waals surface area (Å²) in [6.07, 6.45) is 0. The summed E-state index contributed by atoms with van der Waals surface area (Å²) in [5.41, 5.74) is 3.42. The first-order valence-electron chi connectivity index (χ1n) is 11.7. The maximum absolute atomic E-state index is 13.3. The van der Waals surface area contributed by atoms with Crippen LogP contribution in [-0.4, -0.2) is 53.6 Å². The van der Waals surface area contributed by atoms with E-state index in [0.29, 0.717) is 10.8 Å². The van der Waals surface area contributed by atoms with Crippen LogP contribution in [0.25, 0.3) is 11.0 Å². The Labute approximate surface area is 209 Å². The van der Waals surface area contributed by atoms with Crippen molar-refractivity contribution in [3.8, 4) is 5.75 Å². The van der Waals surface area contributed by atoms with Gasteiger partial charge in [-0.05, 0) is 49.5 Å². The molecular formula is C27H28ClN5O2. The summed E-state index contributed by atoms with van der Waals surface area (Å²) in [7, 11) is 2.12. The molecule has 5 rings (SSSR count). The second kappa shape index (κ2) is 10.4. The van der Waals surface area contributed by atoms with Gasteiger partial charge >= 0.3 is 0 Å². The minimum Gasteiger partial charge on any atom is -0.486 e. The van der Waals surface area contributed by atoms with Crippen LogP contribution in [0, 0.1) is 0 Å². The van der Waals surface area contributed by atoms with E-state index in [2.05, 4.69) is 22.2 Å². The highest BCUT2D eigenvalue weighted by Crippen LogP contribution is 2.30. The number of carbonyl (C=O) groups is 1. The van der Waals surface area contributed by atoms with E-state index in [4.69, 9.17) is 21.3 Å². The van der Waals surface area contributed by atoms with Gasteiger partial charge in [-0.25, -0.2) is 4.98 Å². The van der Waals surface area contributed by atoms with Gasteiger partial charge in [0.15, 0.2) is 0 Å². The number of likely N-dealkylation sites (N-methyl/N-ethyl adjacent to an activating group) is 1. The molecule has 1 saturated heterocycles. The molecule has 1 aliphatic heterocycles. The van der Waals surface area contributed by atoms with Gasteiger partial charge < -0.3 is 24.4 Å². The Balaban J connectivity index is 1.37. The molecule has 2 heterocycles. The van der Waals surface area contributed by atoms with Gasteiger partial charge in [-0.2, -0.15) is 0 Å². The predicted octanol–water partition coefficient (Wildman–Crippen LogP) is 4.66. The van der Waals surface area contributed by atoms with Crippen LogP contribution in [0.5, 0.6) is 5.75 Å². The number of aromatic nitrogens is 2. The number of amides is 1. The quantitative estimate of drug-likeness (QED) is 0.409. The van der Waals surface area contributed by atoms with E-state index >= 15 is 0 Å². The van der Waals surface area contributed by atoms with Gasteiger partial charge in [0.25, 0.3) is 0 Å². The van der Waals surface area contributed by atoms with E-state index in [1.165, 1.54) is 0 Å². The molecule has 1 aromatic heterocycles. The van der Waals surface area contributed by atoms with Gasteiger partial charge in [0.05, 0.1) is 22.4 Å². The van der Waals surface area contributed by atoms with Gasteiger partial charge in [-0.3, -0.25) is 4.79 Å². The number of anilines is 2. The average Bonchev–Trinajstić information content (AvgIpc) is 3.21. The molecule has 3 aromatic carbocycles. The molecule has 1 aliphatic rings. The molecule has 180 valence electrons. The topological polar surface area (TPSA) is 62.6 Å². The molecule has 0 atom stereocenters. The van der Waals surface area contributed by atoms with Crippen molar-refractivity contribution in [1.82, 2.24) is 14.5 Å². The maximum atomic E-state index is 13.3. The Kier molecular flexibility index (Phi) is 6.88. The van der Waals surface area contributed by atoms with Gasteiger partial charge in [-0.15, -0.1) is 0 Å². The van der Waals surface area contributed by atoms with Crippen LogP contribution in [0.2, 0.25) is 5.02 Å². The van der Waals surface area contributed by atoms with E-state index in [0.717, 1.165) is 54.3 Å². The van der Waals surface area contributed by atoms with Gasteiger partial charge in [0.2, 0.25) is 5.91 Å². The number of para-hydroxylation sites is 3. The number of carbonyl (C=O) groups excluding carboxylic acids is 1. The smallest absolute Gasteiger partial charge is 0.244 e. The molecule has 4 aromatic rings. The monoisotopic (exact) mass is 489 g/mol.